The molecular weight excluding hydrogens is 386 g/mol. The molecule has 0 spiro atoms. The maximum absolute atomic E-state index is 13.0. The van der Waals surface area contributed by atoms with Crippen LogP contribution in [0.25, 0.3) is 5.69 Å². The second-order valence-corrected chi connectivity index (χ2v) is 7.91. The first kappa shape index (κ1) is 19.6. The molecule has 29 heavy (non-hydrogen) atoms. The number of amides is 1. The van der Waals surface area contributed by atoms with Crippen molar-refractivity contribution in [2.24, 2.45) is 0 Å². The summed E-state index contributed by atoms with van der Waals surface area (Å²) in [6.45, 7) is 7.96. The van der Waals surface area contributed by atoms with Gasteiger partial charge in [0.15, 0.2) is 5.69 Å². The average molecular weight is 410 g/mol. The number of benzene rings is 2. The fourth-order valence-electron chi connectivity index (χ4n) is 3.71. The second kappa shape index (κ2) is 8.35. The molecule has 0 unspecified atom stereocenters. The largest absolute Gasteiger partial charge is 0.335 e. The Labute approximate surface area is 175 Å². The highest BCUT2D eigenvalue weighted by Gasteiger charge is 2.26. The van der Waals surface area contributed by atoms with E-state index < -0.39 is 0 Å². The van der Waals surface area contributed by atoms with E-state index in [1.807, 2.05) is 30.0 Å². The Morgan fingerprint density at radius 3 is 2.52 bits per heavy atom. The molecule has 2 aromatic carbocycles. The zero-order valence-electron chi connectivity index (χ0n) is 16.7. The van der Waals surface area contributed by atoms with Crippen molar-refractivity contribution in [3.8, 4) is 5.69 Å². The predicted octanol–water partition coefficient (Wildman–Crippen LogP) is 3.50. The maximum Gasteiger partial charge on any atom is 0.276 e. The molecule has 1 aliphatic rings. The Kier molecular flexibility index (Phi) is 5.65. The second-order valence-electron chi connectivity index (χ2n) is 7.47. The fourth-order valence-corrected chi connectivity index (χ4v) is 3.89. The molecule has 6 nitrogen and oxygen atoms in total. The van der Waals surface area contributed by atoms with Crippen LogP contribution in [-0.4, -0.2) is 56.9 Å². The lowest BCUT2D eigenvalue weighted by Crippen LogP contribution is -2.48. The summed E-state index contributed by atoms with van der Waals surface area (Å²) >= 11 is 6.08. The van der Waals surface area contributed by atoms with Gasteiger partial charge in [-0.25, -0.2) is 4.68 Å². The van der Waals surface area contributed by atoms with Crippen molar-refractivity contribution in [1.29, 1.82) is 0 Å². The quantitative estimate of drug-likeness (QED) is 0.661. The summed E-state index contributed by atoms with van der Waals surface area (Å²) in [5, 5.41) is 8.95. The van der Waals surface area contributed by atoms with E-state index in [1.165, 1.54) is 11.1 Å². The molecule has 1 saturated heterocycles. The monoisotopic (exact) mass is 409 g/mol. The predicted molar refractivity (Wildman–Crippen MR) is 113 cm³/mol. The number of hydrogen-bond acceptors (Lipinski definition) is 4. The van der Waals surface area contributed by atoms with Crippen LogP contribution in [0.5, 0.6) is 0 Å². The molecular formula is C22H24ClN5O. The van der Waals surface area contributed by atoms with Crippen molar-refractivity contribution >= 4 is 17.5 Å². The third kappa shape index (κ3) is 4.33. The van der Waals surface area contributed by atoms with E-state index in [1.54, 1.807) is 10.7 Å². The highest BCUT2D eigenvalue weighted by Crippen LogP contribution is 2.18. The average Bonchev–Trinajstić information content (AvgIpc) is 3.09. The summed E-state index contributed by atoms with van der Waals surface area (Å²) in [6, 6.07) is 15.9. The topological polar surface area (TPSA) is 54.3 Å². The molecule has 2 heterocycles. The minimum Gasteiger partial charge on any atom is -0.335 e. The van der Waals surface area contributed by atoms with Crippen LogP contribution in [0, 0.1) is 13.8 Å². The van der Waals surface area contributed by atoms with Gasteiger partial charge in [0.2, 0.25) is 0 Å². The zero-order chi connectivity index (χ0) is 20.4. The van der Waals surface area contributed by atoms with E-state index in [4.69, 9.17) is 11.6 Å². The normalized spacial score (nSPS) is 14.9. The van der Waals surface area contributed by atoms with E-state index in [0.717, 1.165) is 31.0 Å². The van der Waals surface area contributed by atoms with Crippen LogP contribution >= 0.6 is 11.6 Å². The number of halogens is 1. The first-order valence-electron chi connectivity index (χ1n) is 9.76. The summed E-state index contributed by atoms with van der Waals surface area (Å²) in [4.78, 5) is 17.3. The van der Waals surface area contributed by atoms with Gasteiger partial charge in [-0.05, 0) is 37.6 Å². The Morgan fingerprint density at radius 1 is 1.03 bits per heavy atom. The Hall–Kier alpha value is -2.70. The molecule has 1 fully saturated rings. The van der Waals surface area contributed by atoms with Gasteiger partial charge in [0.1, 0.15) is 0 Å². The summed E-state index contributed by atoms with van der Waals surface area (Å²) in [6.07, 6.45) is 0. The van der Waals surface area contributed by atoms with E-state index in [2.05, 4.69) is 46.4 Å². The van der Waals surface area contributed by atoms with Crippen molar-refractivity contribution < 1.29 is 4.79 Å². The van der Waals surface area contributed by atoms with Crippen molar-refractivity contribution in [2.45, 2.75) is 20.4 Å². The van der Waals surface area contributed by atoms with Crippen LogP contribution in [0.15, 0.2) is 48.5 Å². The molecule has 0 bridgehead atoms. The van der Waals surface area contributed by atoms with Gasteiger partial charge >= 0.3 is 0 Å². The number of rotatable bonds is 4. The van der Waals surface area contributed by atoms with E-state index in [-0.39, 0.29) is 5.91 Å². The van der Waals surface area contributed by atoms with Gasteiger partial charge in [-0.1, -0.05) is 52.7 Å². The number of aryl methyl sites for hydroxylation is 1. The van der Waals surface area contributed by atoms with E-state index in [0.29, 0.717) is 23.8 Å². The summed E-state index contributed by atoms with van der Waals surface area (Å²) in [7, 11) is 0. The Balaban J connectivity index is 1.41. The van der Waals surface area contributed by atoms with Gasteiger partial charge in [0, 0.05) is 37.7 Å². The van der Waals surface area contributed by atoms with Gasteiger partial charge in [0.25, 0.3) is 5.91 Å². The fraction of sp³-hybridized carbons (Fsp3) is 0.318. The van der Waals surface area contributed by atoms with Crippen molar-refractivity contribution in [2.75, 3.05) is 26.2 Å². The van der Waals surface area contributed by atoms with Gasteiger partial charge in [-0.15, -0.1) is 5.10 Å². The van der Waals surface area contributed by atoms with Crippen LogP contribution in [0.2, 0.25) is 5.02 Å². The Bertz CT molecular complexity index is 1020. The van der Waals surface area contributed by atoms with Crippen molar-refractivity contribution in [1.82, 2.24) is 24.8 Å². The molecule has 4 rings (SSSR count). The minimum atomic E-state index is -0.0639. The van der Waals surface area contributed by atoms with Crippen LogP contribution in [0.1, 0.15) is 27.3 Å². The highest BCUT2D eigenvalue weighted by atomic mass is 35.5. The molecule has 1 aromatic heterocycles. The summed E-state index contributed by atoms with van der Waals surface area (Å²) < 4.78 is 1.66. The van der Waals surface area contributed by atoms with Crippen LogP contribution in [0.4, 0.5) is 0 Å². The molecule has 1 amide bonds. The van der Waals surface area contributed by atoms with Gasteiger partial charge in [-0.2, -0.15) is 0 Å². The first-order chi connectivity index (χ1) is 14.0. The smallest absolute Gasteiger partial charge is 0.276 e. The molecule has 0 aliphatic carbocycles. The van der Waals surface area contributed by atoms with E-state index >= 15 is 0 Å². The molecule has 0 atom stereocenters. The lowest BCUT2D eigenvalue weighted by atomic mass is 10.1. The third-order valence-corrected chi connectivity index (χ3v) is 5.53. The molecule has 1 aliphatic heterocycles. The van der Waals surface area contributed by atoms with Gasteiger partial charge in [-0.3, -0.25) is 9.69 Å². The number of carbonyl (C=O) groups excluding carboxylic acids is 1. The standard InChI is InChI=1S/C22H24ClN5O/c1-16-5-3-6-18(13-16)15-26-9-11-27(12-10-26)22(29)21-17(2)28(25-24-21)20-8-4-7-19(23)14-20/h3-8,13-14H,9-12,15H2,1-2H3. The number of nitrogens with zero attached hydrogens (tertiary/aromatic N) is 5. The molecule has 7 heteroatoms. The molecule has 150 valence electrons. The zero-order valence-corrected chi connectivity index (χ0v) is 17.4. The Morgan fingerprint density at radius 2 is 1.79 bits per heavy atom. The minimum absolute atomic E-state index is 0.0639. The van der Waals surface area contributed by atoms with Crippen LogP contribution in [0.3, 0.4) is 0 Å². The first-order valence-corrected chi connectivity index (χ1v) is 10.1. The van der Waals surface area contributed by atoms with Gasteiger partial charge < -0.3 is 4.90 Å². The lowest BCUT2D eigenvalue weighted by Gasteiger charge is -2.34. The maximum atomic E-state index is 13.0. The van der Waals surface area contributed by atoms with Crippen LogP contribution < -0.4 is 0 Å². The van der Waals surface area contributed by atoms with Crippen LogP contribution in [-0.2, 0) is 6.54 Å². The SMILES string of the molecule is Cc1cccc(CN2CCN(C(=O)c3nnn(-c4cccc(Cl)c4)c3C)CC2)c1. The summed E-state index contributed by atoms with van der Waals surface area (Å²) in [5.41, 5.74) is 4.50. The lowest BCUT2D eigenvalue weighted by molar-refractivity contribution is 0.0622. The highest BCUT2D eigenvalue weighted by molar-refractivity contribution is 6.30. The molecule has 3 aromatic rings. The number of aromatic nitrogens is 3. The molecule has 0 saturated carbocycles. The van der Waals surface area contributed by atoms with Gasteiger partial charge in [0.05, 0.1) is 11.4 Å². The molecule has 0 radical (unpaired) electrons. The number of carbonyl (C=O) groups is 1. The number of piperazine rings is 1. The van der Waals surface area contributed by atoms with E-state index in [9.17, 15) is 4.79 Å². The molecule has 0 N–H and O–H groups in total. The summed E-state index contributed by atoms with van der Waals surface area (Å²) in [5.74, 6) is -0.0639. The third-order valence-electron chi connectivity index (χ3n) is 5.30. The van der Waals surface area contributed by atoms with Crippen molar-refractivity contribution in [3.05, 3.63) is 76.1 Å². The number of hydrogen-bond donors (Lipinski definition) is 0. The van der Waals surface area contributed by atoms with Crippen molar-refractivity contribution in [3.63, 3.8) is 0 Å².